The number of allylic oxidation sites excluding steroid dienone is 6. The highest BCUT2D eigenvalue weighted by Gasteiger charge is 2.13. The van der Waals surface area contributed by atoms with Crippen LogP contribution >= 0.6 is 0 Å². The quantitative estimate of drug-likeness (QED) is 0.135. The van der Waals surface area contributed by atoms with Crippen molar-refractivity contribution in [3.8, 4) is 11.1 Å². The minimum absolute atomic E-state index is 0.974. The Labute approximate surface area is 227 Å². The van der Waals surface area contributed by atoms with Gasteiger partial charge in [-0.2, -0.15) is 0 Å². The molecule has 0 spiro atoms. The van der Waals surface area contributed by atoms with Crippen molar-refractivity contribution in [3.63, 3.8) is 0 Å². The van der Waals surface area contributed by atoms with Crippen LogP contribution in [-0.2, 0) is 0 Å². The molecule has 5 rings (SSSR count). The van der Waals surface area contributed by atoms with Crippen LogP contribution in [0, 0.1) is 0 Å². The van der Waals surface area contributed by atoms with E-state index in [2.05, 4.69) is 127 Å². The third kappa shape index (κ3) is 6.13. The SMILES string of the molecule is C/C(=C\C=C/Nc1ccccc1C1=CCCC=C1NN)c1ccc(-c2cccc3ccccc23)cc1.CC. The summed E-state index contributed by atoms with van der Waals surface area (Å²) in [5, 5.41) is 5.99. The van der Waals surface area contributed by atoms with E-state index in [1.807, 2.05) is 26.1 Å². The molecule has 0 atom stereocenters. The normalized spacial score (nSPS) is 13.4. The van der Waals surface area contributed by atoms with Crippen LogP contribution in [-0.4, -0.2) is 0 Å². The topological polar surface area (TPSA) is 50.1 Å². The lowest BCUT2D eigenvalue weighted by molar-refractivity contribution is 0.884. The van der Waals surface area contributed by atoms with Crippen molar-refractivity contribution in [1.29, 1.82) is 0 Å². The van der Waals surface area contributed by atoms with Gasteiger partial charge in [-0.3, -0.25) is 5.84 Å². The summed E-state index contributed by atoms with van der Waals surface area (Å²) in [5.74, 6) is 5.76. The van der Waals surface area contributed by atoms with Crippen LogP contribution in [0.3, 0.4) is 0 Å². The number of anilines is 1. The van der Waals surface area contributed by atoms with Gasteiger partial charge in [0.25, 0.3) is 0 Å². The maximum absolute atomic E-state index is 5.76. The monoisotopic (exact) mass is 499 g/mol. The Kier molecular flexibility index (Phi) is 9.33. The fraction of sp³-hybridized carbons (Fsp3) is 0.143. The molecule has 0 bridgehead atoms. The van der Waals surface area contributed by atoms with E-state index in [0.29, 0.717) is 0 Å². The Hall–Kier alpha value is -4.34. The van der Waals surface area contributed by atoms with Gasteiger partial charge in [0, 0.05) is 23.0 Å². The maximum atomic E-state index is 5.76. The van der Waals surface area contributed by atoms with Gasteiger partial charge in [-0.15, -0.1) is 0 Å². The molecule has 0 saturated heterocycles. The highest BCUT2D eigenvalue weighted by atomic mass is 15.2. The van der Waals surface area contributed by atoms with E-state index in [4.69, 9.17) is 5.84 Å². The van der Waals surface area contributed by atoms with Crippen molar-refractivity contribution < 1.29 is 0 Å². The second-order valence-electron chi connectivity index (χ2n) is 8.96. The first-order chi connectivity index (χ1) is 18.7. The third-order valence-electron chi connectivity index (χ3n) is 6.65. The van der Waals surface area contributed by atoms with E-state index in [0.717, 1.165) is 35.4 Å². The van der Waals surface area contributed by atoms with Gasteiger partial charge in [0.15, 0.2) is 0 Å². The second kappa shape index (κ2) is 13.3. The molecule has 0 amide bonds. The fourth-order valence-electron chi connectivity index (χ4n) is 4.73. The molecule has 0 saturated carbocycles. The second-order valence-corrected chi connectivity index (χ2v) is 8.96. The summed E-state index contributed by atoms with van der Waals surface area (Å²) in [6, 6.07) is 32.1. The summed E-state index contributed by atoms with van der Waals surface area (Å²) in [6.45, 7) is 6.14. The molecule has 1 aliphatic rings. The van der Waals surface area contributed by atoms with E-state index >= 15 is 0 Å². The Morgan fingerprint density at radius 3 is 2.26 bits per heavy atom. The number of nitrogens with one attached hydrogen (secondary N) is 2. The van der Waals surface area contributed by atoms with E-state index in [1.165, 1.54) is 33.0 Å². The zero-order valence-corrected chi connectivity index (χ0v) is 22.5. The Morgan fingerprint density at radius 2 is 1.45 bits per heavy atom. The number of hydrogen-bond acceptors (Lipinski definition) is 3. The molecule has 0 heterocycles. The van der Waals surface area contributed by atoms with Gasteiger partial charge in [-0.25, -0.2) is 0 Å². The first-order valence-corrected chi connectivity index (χ1v) is 13.4. The number of nitrogens with two attached hydrogens (primary N) is 1. The van der Waals surface area contributed by atoms with Gasteiger partial charge >= 0.3 is 0 Å². The average Bonchev–Trinajstić information content (AvgIpc) is 3.00. The molecule has 0 radical (unpaired) electrons. The van der Waals surface area contributed by atoms with Crippen molar-refractivity contribution in [2.75, 3.05) is 5.32 Å². The number of para-hydroxylation sites is 1. The summed E-state index contributed by atoms with van der Waals surface area (Å²) in [5.41, 5.74) is 12.0. The van der Waals surface area contributed by atoms with Gasteiger partial charge in [0.2, 0.25) is 0 Å². The van der Waals surface area contributed by atoms with Crippen LogP contribution in [0.5, 0.6) is 0 Å². The van der Waals surface area contributed by atoms with E-state index in [1.54, 1.807) is 0 Å². The molecule has 0 unspecified atom stereocenters. The lowest BCUT2D eigenvalue weighted by Gasteiger charge is -2.18. The van der Waals surface area contributed by atoms with Crippen LogP contribution in [0.15, 0.2) is 127 Å². The minimum Gasteiger partial charge on any atom is -0.361 e. The van der Waals surface area contributed by atoms with Gasteiger partial charge in [0.05, 0.1) is 5.70 Å². The summed E-state index contributed by atoms with van der Waals surface area (Å²) in [7, 11) is 0. The maximum Gasteiger partial charge on any atom is 0.0521 e. The molecule has 192 valence electrons. The molecule has 0 fully saturated rings. The zero-order valence-electron chi connectivity index (χ0n) is 22.5. The van der Waals surface area contributed by atoms with Crippen LogP contribution in [0.4, 0.5) is 5.69 Å². The first-order valence-electron chi connectivity index (χ1n) is 13.4. The molecule has 38 heavy (non-hydrogen) atoms. The number of benzene rings is 4. The summed E-state index contributed by atoms with van der Waals surface area (Å²) in [6.07, 6.45) is 12.6. The predicted molar refractivity (Wildman–Crippen MR) is 166 cm³/mol. The number of fused-ring (bicyclic) bond motifs is 1. The summed E-state index contributed by atoms with van der Waals surface area (Å²) >= 11 is 0. The molecule has 3 heteroatoms. The third-order valence-corrected chi connectivity index (χ3v) is 6.65. The van der Waals surface area contributed by atoms with E-state index in [9.17, 15) is 0 Å². The van der Waals surface area contributed by atoms with Gasteiger partial charge in [0.1, 0.15) is 0 Å². The molecule has 4 N–H and O–H groups in total. The summed E-state index contributed by atoms with van der Waals surface area (Å²) in [4.78, 5) is 0. The van der Waals surface area contributed by atoms with Gasteiger partial charge in [-0.05, 0) is 64.9 Å². The van der Waals surface area contributed by atoms with E-state index < -0.39 is 0 Å². The van der Waals surface area contributed by atoms with Crippen molar-refractivity contribution >= 4 is 27.6 Å². The highest BCUT2D eigenvalue weighted by molar-refractivity contribution is 5.96. The van der Waals surface area contributed by atoms with Gasteiger partial charge < -0.3 is 10.7 Å². The molecule has 1 aliphatic carbocycles. The lowest BCUT2D eigenvalue weighted by atomic mass is 9.95. The highest BCUT2D eigenvalue weighted by Crippen LogP contribution is 2.32. The van der Waals surface area contributed by atoms with Crippen LogP contribution in [0.25, 0.3) is 33.0 Å². The standard InChI is InChI=1S/C33H31N3.C2H6/c1-24(25-19-21-27(22-20-25)29-16-8-12-26-11-2-3-13-28(26)29)10-9-23-35-32-17-6-4-14-30(32)31-15-5-7-18-33(31)36-34;1-2/h2-4,6,8-23,35-36H,5,7,34H2,1H3;1-2H3/b23-9-,24-10+;. The number of hydrazine groups is 1. The van der Waals surface area contributed by atoms with E-state index in [-0.39, 0.29) is 0 Å². The molecule has 0 aromatic heterocycles. The number of hydrogen-bond donors (Lipinski definition) is 3. The Morgan fingerprint density at radius 1 is 0.763 bits per heavy atom. The van der Waals surface area contributed by atoms with Crippen LogP contribution in [0.1, 0.15) is 44.7 Å². The first kappa shape index (κ1) is 26.7. The van der Waals surface area contributed by atoms with Crippen molar-refractivity contribution in [3.05, 3.63) is 138 Å². The molecule has 4 aromatic rings. The van der Waals surface area contributed by atoms with Crippen LogP contribution in [0.2, 0.25) is 0 Å². The summed E-state index contributed by atoms with van der Waals surface area (Å²) < 4.78 is 0. The smallest absolute Gasteiger partial charge is 0.0521 e. The average molecular weight is 500 g/mol. The molecular formula is C35H37N3. The zero-order chi connectivity index (χ0) is 26.7. The van der Waals surface area contributed by atoms with Crippen LogP contribution < -0.4 is 16.6 Å². The fourth-order valence-corrected chi connectivity index (χ4v) is 4.73. The van der Waals surface area contributed by atoms with Crippen molar-refractivity contribution in [1.82, 2.24) is 5.43 Å². The molecular weight excluding hydrogens is 462 g/mol. The molecule has 3 nitrogen and oxygen atoms in total. The minimum atomic E-state index is 0.974. The predicted octanol–water partition coefficient (Wildman–Crippen LogP) is 9.09. The number of rotatable bonds is 7. The van der Waals surface area contributed by atoms with Crippen molar-refractivity contribution in [2.24, 2.45) is 5.84 Å². The Bertz CT molecular complexity index is 1480. The molecule has 4 aromatic carbocycles. The largest absolute Gasteiger partial charge is 0.361 e. The molecule has 0 aliphatic heterocycles. The van der Waals surface area contributed by atoms with Crippen molar-refractivity contribution in [2.45, 2.75) is 33.6 Å². The van der Waals surface area contributed by atoms with Gasteiger partial charge in [-0.1, -0.05) is 117 Å². The Balaban J connectivity index is 0.00000164. The lowest BCUT2D eigenvalue weighted by Crippen LogP contribution is -2.23.